The molecule has 0 saturated carbocycles. The summed E-state index contributed by atoms with van der Waals surface area (Å²) in [4.78, 5) is 4.37. The first kappa shape index (κ1) is 11.8. The van der Waals surface area contributed by atoms with E-state index in [1.54, 1.807) is 0 Å². The van der Waals surface area contributed by atoms with Gasteiger partial charge in [-0.15, -0.1) is 0 Å². The van der Waals surface area contributed by atoms with Gasteiger partial charge in [0.2, 0.25) is 0 Å². The number of hydrogen-bond acceptors (Lipinski definition) is 2. The fourth-order valence-corrected chi connectivity index (χ4v) is 2.29. The van der Waals surface area contributed by atoms with Crippen LogP contribution in [0.4, 0.5) is 0 Å². The number of ether oxygens (including phenoxy) is 1. The van der Waals surface area contributed by atoms with Crippen molar-refractivity contribution in [1.82, 2.24) is 9.38 Å². The van der Waals surface area contributed by atoms with Crippen molar-refractivity contribution in [1.29, 1.82) is 0 Å². The van der Waals surface area contributed by atoms with Gasteiger partial charge in [0, 0.05) is 11.8 Å². The Bertz CT molecular complexity index is 698. The van der Waals surface area contributed by atoms with Crippen molar-refractivity contribution in [2.75, 3.05) is 6.61 Å². The summed E-state index contributed by atoms with van der Waals surface area (Å²) >= 11 is 0. The van der Waals surface area contributed by atoms with Gasteiger partial charge >= 0.3 is 0 Å². The highest BCUT2D eigenvalue weighted by Crippen LogP contribution is 2.26. The van der Waals surface area contributed by atoms with Crippen molar-refractivity contribution < 1.29 is 4.74 Å². The Hall–Kier alpha value is -2.29. The third-order valence-corrected chi connectivity index (χ3v) is 3.23. The molecule has 3 rings (SSSR count). The largest absolute Gasteiger partial charge is 0.494 e. The highest BCUT2D eigenvalue weighted by Gasteiger charge is 2.06. The first-order valence-electron chi connectivity index (χ1n) is 6.45. The van der Waals surface area contributed by atoms with Crippen molar-refractivity contribution in [3.63, 3.8) is 0 Å². The van der Waals surface area contributed by atoms with E-state index in [0.29, 0.717) is 6.61 Å². The molecule has 0 fully saturated rings. The Labute approximate surface area is 112 Å². The van der Waals surface area contributed by atoms with Gasteiger partial charge in [0.05, 0.1) is 18.3 Å². The summed E-state index contributed by atoms with van der Waals surface area (Å²) in [5, 5.41) is 0. The molecule has 0 unspecified atom stereocenters. The summed E-state index contributed by atoms with van der Waals surface area (Å²) in [6.45, 7) is 4.69. The molecule has 0 atom stereocenters. The quantitative estimate of drug-likeness (QED) is 0.710. The zero-order valence-corrected chi connectivity index (χ0v) is 11.1. The predicted octanol–water partition coefficient (Wildman–Crippen LogP) is 3.71. The number of fused-ring (bicyclic) bond motifs is 1. The van der Waals surface area contributed by atoms with E-state index in [-0.39, 0.29) is 0 Å². The van der Waals surface area contributed by atoms with E-state index >= 15 is 0 Å². The zero-order chi connectivity index (χ0) is 13.2. The second kappa shape index (κ2) is 4.76. The van der Waals surface area contributed by atoms with Gasteiger partial charge in [0.1, 0.15) is 11.6 Å². The van der Waals surface area contributed by atoms with Crippen LogP contribution in [0.15, 0.2) is 48.8 Å². The van der Waals surface area contributed by atoms with E-state index < -0.39 is 0 Å². The number of rotatable bonds is 3. The zero-order valence-electron chi connectivity index (χ0n) is 11.1. The molecule has 0 N–H and O–H groups in total. The third kappa shape index (κ3) is 2.08. The van der Waals surface area contributed by atoms with Crippen LogP contribution in [0.5, 0.6) is 5.75 Å². The molecule has 96 valence electrons. The minimum absolute atomic E-state index is 0.691. The SMILES string of the molecule is CCOc1ccc(-c2cccn3c(C)ncc23)cc1. The second-order valence-corrected chi connectivity index (χ2v) is 4.44. The molecule has 19 heavy (non-hydrogen) atoms. The number of pyridine rings is 1. The van der Waals surface area contributed by atoms with Crippen LogP contribution in [0.1, 0.15) is 12.7 Å². The lowest BCUT2D eigenvalue weighted by molar-refractivity contribution is 0.340. The number of benzene rings is 1. The molecular weight excluding hydrogens is 236 g/mol. The van der Waals surface area contributed by atoms with Crippen LogP contribution in [-0.2, 0) is 0 Å². The number of imidazole rings is 1. The highest BCUT2D eigenvalue weighted by molar-refractivity contribution is 5.80. The number of aryl methyl sites for hydroxylation is 1. The van der Waals surface area contributed by atoms with E-state index in [0.717, 1.165) is 17.1 Å². The molecule has 3 aromatic rings. The third-order valence-electron chi connectivity index (χ3n) is 3.23. The van der Waals surface area contributed by atoms with E-state index in [4.69, 9.17) is 4.74 Å². The van der Waals surface area contributed by atoms with Crippen molar-refractivity contribution in [2.24, 2.45) is 0 Å². The van der Waals surface area contributed by atoms with E-state index in [2.05, 4.69) is 27.6 Å². The van der Waals surface area contributed by atoms with Gasteiger partial charge in [0.15, 0.2) is 0 Å². The Kier molecular flexibility index (Phi) is 2.95. The summed E-state index contributed by atoms with van der Waals surface area (Å²) < 4.78 is 7.57. The first-order chi connectivity index (χ1) is 9.29. The molecule has 3 nitrogen and oxygen atoms in total. The van der Waals surface area contributed by atoms with Crippen LogP contribution >= 0.6 is 0 Å². The highest BCUT2D eigenvalue weighted by atomic mass is 16.5. The Morgan fingerprint density at radius 3 is 2.68 bits per heavy atom. The van der Waals surface area contributed by atoms with Crippen LogP contribution in [-0.4, -0.2) is 16.0 Å². The molecular formula is C16H16N2O. The fourth-order valence-electron chi connectivity index (χ4n) is 2.29. The van der Waals surface area contributed by atoms with E-state index in [1.165, 1.54) is 11.1 Å². The van der Waals surface area contributed by atoms with Crippen molar-refractivity contribution in [2.45, 2.75) is 13.8 Å². The molecule has 2 heterocycles. The monoisotopic (exact) mass is 252 g/mol. The first-order valence-corrected chi connectivity index (χ1v) is 6.45. The molecule has 2 aromatic heterocycles. The lowest BCUT2D eigenvalue weighted by Crippen LogP contribution is -1.91. The van der Waals surface area contributed by atoms with Crippen molar-refractivity contribution in [3.05, 3.63) is 54.6 Å². The molecule has 0 bridgehead atoms. The normalized spacial score (nSPS) is 10.8. The summed E-state index contributed by atoms with van der Waals surface area (Å²) in [7, 11) is 0. The van der Waals surface area contributed by atoms with Crippen molar-refractivity contribution >= 4 is 5.52 Å². The maximum Gasteiger partial charge on any atom is 0.119 e. The van der Waals surface area contributed by atoms with Crippen LogP contribution in [0.2, 0.25) is 0 Å². The van der Waals surface area contributed by atoms with Gasteiger partial charge in [0.25, 0.3) is 0 Å². The van der Waals surface area contributed by atoms with Gasteiger partial charge in [-0.3, -0.25) is 0 Å². The van der Waals surface area contributed by atoms with E-state index in [1.807, 2.05) is 44.4 Å². The van der Waals surface area contributed by atoms with Gasteiger partial charge in [-0.05, 0) is 37.6 Å². The fraction of sp³-hybridized carbons (Fsp3) is 0.188. The average Bonchev–Trinajstić information content (AvgIpc) is 2.82. The van der Waals surface area contributed by atoms with Crippen LogP contribution in [0.3, 0.4) is 0 Å². The molecule has 0 saturated heterocycles. The Balaban J connectivity index is 2.08. The van der Waals surface area contributed by atoms with Crippen molar-refractivity contribution in [3.8, 4) is 16.9 Å². The topological polar surface area (TPSA) is 26.5 Å². The standard InChI is InChI=1S/C16H16N2O/c1-3-19-14-8-6-13(7-9-14)15-5-4-10-18-12(2)17-11-16(15)18/h4-11H,3H2,1-2H3. The summed E-state index contributed by atoms with van der Waals surface area (Å²) in [5.41, 5.74) is 3.49. The van der Waals surface area contributed by atoms with Crippen LogP contribution in [0, 0.1) is 6.92 Å². The molecule has 0 radical (unpaired) electrons. The Morgan fingerprint density at radius 1 is 1.16 bits per heavy atom. The van der Waals surface area contributed by atoms with Gasteiger partial charge in [-0.2, -0.15) is 0 Å². The molecule has 0 aliphatic carbocycles. The lowest BCUT2D eigenvalue weighted by Gasteiger charge is -2.07. The van der Waals surface area contributed by atoms with Gasteiger partial charge in [-0.1, -0.05) is 18.2 Å². The molecule has 0 spiro atoms. The number of aromatic nitrogens is 2. The number of hydrogen-bond donors (Lipinski definition) is 0. The molecule has 0 aliphatic rings. The van der Waals surface area contributed by atoms with E-state index in [9.17, 15) is 0 Å². The molecule has 0 aliphatic heterocycles. The maximum absolute atomic E-state index is 5.47. The Morgan fingerprint density at radius 2 is 1.95 bits per heavy atom. The van der Waals surface area contributed by atoms with Crippen LogP contribution < -0.4 is 4.74 Å². The second-order valence-electron chi connectivity index (χ2n) is 4.44. The van der Waals surface area contributed by atoms with Crippen LogP contribution in [0.25, 0.3) is 16.6 Å². The summed E-state index contributed by atoms with van der Waals surface area (Å²) in [5.74, 6) is 1.91. The minimum Gasteiger partial charge on any atom is -0.494 e. The number of nitrogens with zero attached hydrogens (tertiary/aromatic N) is 2. The summed E-state index contributed by atoms with van der Waals surface area (Å²) in [6, 6.07) is 12.3. The molecule has 1 aromatic carbocycles. The van der Waals surface area contributed by atoms with Gasteiger partial charge in [-0.25, -0.2) is 4.98 Å². The maximum atomic E-state index is 5.47. The average molecular weight is 252 g/mol. The minimum atomic E-state index is 0.691. The summed E-state index contributed by atoms with van der Waals surface area (Å²) in [6.07, 6.45) is 3.96. The smallest absolute Gasteiger partial charge is 0.119 e. The van der Waals surface area contributed by atoms with Gasteiger partial charge < -0.3 is 9.14 Å². The predicted molar refractivity (Wildman–Crippen MR) is 76.5 cm³/mol. The molecule has 0 amide bonds. The lowest BCUT2D eigenvalue weighted by atomic mass is 10.1. The molecule has 3 heteroatoms.